The first kappa shape index (κ1) is 23.1. The summed E-state index contributed by atoms with van der Waals surface area (Å²) in [6.07, 6.45) is 0.439. The average Bonchev–Trinajstić information content (AvgIpc) is 2.67. The number of hydrogen-bond donors (Lipinski definition) is 1. The maximum atomic E-state index is 12.5. The van der Waals surface area contributed by atoms with E-state index in [-0.39, 0.29) is 18.1 Å². The SMILES string of the molecule is COc1c(C)cc(CN(C)CC(=O)Nc2ccc(N3CC(C)OC(C)C3)cc2)cc1C. The van der Waals surface area contributed by atoms with Crippen LogP contribution in [-0.2, 0) is 16.1 Å². The fourth-order valence-electron chi connectivity index (χ4n) is 4.41. The highest BCUT2D eigenvalue weighted by Crippen LogP contribution is 2.25. The lowest BCUT2D eigenvalue weighted by molar-refractivity contribution is -0.117. The van der Waals surface area contributed by atoms with Gasteiger partial charge >= 0.3 is 0 Å². The molecule has 1 aliphatic heterocycles. The highest BCUT2D eigenvalue weighted by Gasteiger charge is 2.22. The van der Waals surface area contributed by atoms with Crippen LogP contribution in [-0.4, -0.2) is 56.8 Å². The lowest BCUT2D eigenvalue weighted by Crippen LogP contribution is -2.45. The van der Waals surface area contributed by atoms with Crippen molar-refractivity contribution in [1.29, 1.82) is 0 Å². The van der Waals surface area contributed by atoms with E-state index >= 15 is 0 Å². The van der Waals surface area contributed by atoms with Gasteiger partial charge in [0, 0.05) is 31.0 Å². The van der Waals surface area contributed by atoms with Gasteiger partial charge in [-0.15, -0.1) is 0 Å². The molecule has 0 saturated carbocycles. The minimum atomic E-state index is -0.0224. The van der Waals surface area contributed by atoms with Crippen molar-refractivity contribution in [3.8, 4) is 5.75 Å². The van der Waals surface area contributed by atoms with Gasteiger partial charge in [-0.25, -0.2) is 0 Å². The van der Waals surface area contributed by atoms with E-state index in [0.717, 1.165) is 41.3 Å². The molecule has 6 heteroatoms. The number of carbonyl (C=O) groups excluding carboxylic acids is 1. The fraction of sp³-hybridized carbons (Fsp3) is 0.480. The zero-order chi connectivity index (χ0) is 22.5. The number of morpholine rings is 1. The summed E-state index contributed by atoms with van der Waals surface area (Å²) in [5, 5.41) is 3.00. The lowest BCUT2D eigenvalue weighted by Gasteiger charge is -2.36. The van der Waals surface area contributed by atoms with E-state index in [1.807, 2.05) is 37.9 Å². The predicted molar refractivity (Wildman–Crippen MR) is 126 cm³/mol. The molecule has 6 nitrogen and oxygen atoms in total. The van der Waals surface area contributed by atoms with Crippen LogP contribution in [0.5, 0.6) is 5.75 Å². The van der Waals surface area contributed by atoms with Crippen molar-refractivity contribution >= 4 is 17.3 Å². The second kappa shape index (κ2) is 10.2. The van der Waals surface area contributed by atoms with Gasteiger partial charge in [0.2, 0.25) is 5.91 Å². The molecule has 0 bridgehead atoms. The normalized spacial score (nSPS) is 18.9. The van der Waals surface area contributed by atoms with Crippen molar-refractivity contribution in [1.82, 2.24) is 4.90 Å². The maximum Gasteiger partial charge on any atom is 0.238 e. The van der Waals surface area contributed by atoms with Crippen molar-refractivity contribution in [2.24, 2.45) is 0 Å². The summed E-state index contributed by atoms with van der Waals surface area (Å²) >= 11 is 0. The average molecular weight is 426 g/mol. The molecule has 2 aromatic carbocycles. The van der Waals surface area contributed by atoms with Gasteiger partial charge in [0.15, 0.2) is 0 Å². The van der Waals surface area contributed by atoms with Crippen LogP contribution in [0.25, 0.3) is 0 Å². The summed E-state index contributed by atoms with van der Waals surface area (Å²) in [4.78, 5) is 16.9. The monoisotopic (exact) mass is 425 g/mol. The van der Waals surface area contributed by atoms with Crippen molar-refractivity contribution in [2.45, 2.75) is 46.4 Å². The minimum absolute atomic E-state index is 0.0224. The molecule has 0 aliphatic carbocycles. The predicted octanol–water partition coefficient (Wildman–Crippen LogP) is 4.00. The summed E-state index contributed by atoms with van der Waals surface area (Å²) < 4.78 is 11.2. The van der Waals surface area contributed by atoms with Gasteiger partial charge in [-0.2, -0.15) is 0 Å². The molecule has 2 aromatic rings. The first-order valence-electron chi connectivity index (χ1n) is 10.9. The number of amides is 1. The van der Waals surface area contributed by atoms with Crippen LogP contribution in [0.1, 0.15) is 30.5 Å². The molecule has 1 fully saturated rings. The maximum absolute atomic E-state index is 12.5. The van der Waals surface area contributed by atoms with Crippen molar-refractivity contribution in [3.63, 3.8) is 0 Å². The molecular weight excluding hydrogens is 390 g/mol. The van der Waals surface area contributed by atoms with Crippen molar-refractivity contribution < 1.29 is 14.3 Å². The van der Waals surface area contributed by atoms with Gasteiger partial charge in [-0.3, -0.25) is 9.69 Å². The number of hydrogen-bond acceptors (Lipinski definition) is 5. The molecule has 3 rings (SSSR count). The molecule has 1 N–H and O–H groups in total. The van der Waals surface area contributed by atoms with E-state index in [1.54, 1.807) is 7.11 Å². The van der Waals surface area contributed by atoms with Crippen LogP contribution in [0, 0.1) is 13.8 Å². The zero-order valence-electron chi connectivity index (χ0n) is 19.6. The quantitative estimate of drug-likeness (QED) is 0.727. The van der Waals surface area contributed by atoms with Crippen molar-refractivity contribution in [2.75, 3.05) is 44.0 Å². The summed E-state index contributed by atoms with van der Waals surface area (Å²) in [6.45, 7) is 11.1. The van der Waals surface area contributed by atoms with E-state index in [2.05, 4.69) is 48.3 Å². The molecule has 0 aromatic heterocycles. The molecular formula is C25H35N3O3. The van der Waals surface area contributed by atoms with E-state index in [1.165, 1.54) is 5.56 Å². The summed E-state index contributed by atoms with van der Waals surface area (Å²) in [6, 6.07) is 12.3. The zero-order valence-corrected chi connectivity index (χ0v) is 19.6. The van der Waals surface area contributed by atoms with E-state index < -0.39 is 0 Å². The van der Waals surface area contributed by atoms with Gasteiger partial charge in [0.05, 0.1) is 25.9 Å². The Morgan fingerprint density at radius 2 is 1.71 bits per heavy atom. The summed E-state index contributed by atoms with van der Waals surface area (Å²) in [5.74, 6) is 0.902. The van der Waals surface area contributed by atoms with Crippen LogP contribution in [0.3, 0.4) is 0 Å². The Morgan fingerprint density at radius 3 is 2.26 bits per heavy atom. The third-order valence-electron chi connectivity index (χ3n) is 5.53. The number of ether oxygens (including phenoxy) is 2. The Bertz CT molecular complexity index is 864. The molecule has 1 aliphatic rings. The molecule has 1 saturated heterocycles. The fourth-order valence-corrected chi connectivity index (χ4v) is 4.41. The third-order valence-corrected chi connectivity index (χ3v) is 5.53. The number of nitrogens with zero attached hydrogens (tertiary/aromatic N) is 2. The van der Waals surface area contributed by atoms with Crippen LogP contribution < -0.4 is 15.0 Å². The Morgan fingerprint density at radius 1 is 1.13 bits per heavy atom. The van der Waals surface area contributed by atoms with E-state index in [0.29, 0.717) is 13.1 Å². The highest BCUT2D eigenvalue weighted by molar-refractivity contribution is 5.92. The number of nitrogens with one attached hydrogen (secondary N) is 1. The van der Waals surface area contributed by atoms with Gasteiger partial charge in [-0.1, -0.05) is 12.1 Å². The summed E-state index contributed by atoms with van der Waals surface area (Å²) in [5.41, 5.74) is 5.36. The van der Waals surface area contributed by atoms with Crippen molar-refractivity contribution in [3.05, 3.63) is 53.1 Å². The molecule has 1 heterocycles. The number of rotatable bonds is 7. The second-order valence-electron chi connectivity index (χ2n) is 8.69. The Kier molecular flexibility index (Phi) is 7.57. The lowest BCUT2D eigenvalue weighted by atomic mass is 10.1. The second-order valence-corrected chi connectivity index (χ2v) is 8.69. The Balaban J connectivity index is 1.53. The topological polar surface area (TPSA) is 54.0 Å². The van der Waals surface area contributed by atoms with Gasteiger partial charge in [0.1, 0.15) is 5.75 Å². The minimum Gasteiger partial charge on any atom is -0.496 e. The number of benzene rings is 2. The van der Waals surface area contributed by atoms with Crippen LogP contribution in [0.15, 0.2) is 36.4 Å². The van der Waals surface area contributed by atoms with Crippen LogP contribution >= 0.6 is 0 Å². The Hall–Kier alpha value is -2.57. The highest BCUT2D eigenvalue weighted by atomic mass is 16.5. The number of anilines is 2. The van der Waals surface area contributed by atoms with Gasteiger partial charge < -0.3 is 19.7 Å². The van der Waals surface area contributed by atoms with Crippen LogP contribution in [0.4, 0.5) is 11.4 Å². The Labute approximate surface area is 186 Å². The molecule has 2 unspecified atom stereocenters. The molecule has 0 spiro atoms. The molecule has 168 valence electrons. The molecule has 0 radical (unpaired) electrons. The molecule has 2 atom stereocenters. The largest absolute Gasteiger partial charge is 0.496 e. The van der Waals surface area contributed by atoms with E-state index in [4.69, 9.17) is 9.47 Å². The van der Waals surface area contributed by atoms with Gasteiger partial charge in [0.25, 0.3) is 0 Å². The number of aryl methyl sites for hydroxylation is 2. The standard InChI is InChI=1S/C25H35N3O3/c1-17-11-21(12-18(2)25(17)30-6)15-27(5)16-24(29)26-22-7-9-23(10-8-22)28-13-19(3)31-20(4)14-28/h7-12,19-20H,13-16H2,1-6H3,(H,26,29). The van der Waals surface area contributed by atoms with Crippen LogP contribution in [0.2, 0.25) is 0 Å². The number of carbonyl (C=O) groups is 1. The van der Waals surface area contributed by atoms with E-state index in [9.17, 15) is 4.79 Å². The smallest absolute Gasteiger partial charge is 0.238 e. The first-order valence-corrected chi connectivity index (χ1v) is 10.9. The summed E-state index contributed by atoms with van der Waals surface area (Å²) in [7, 11) is 3.65. The molecule has 1 amide bonds. The number of methoxy groups -OCH3 is 1. The third kappa shape index (κ3) is 6.21. The molecule has 31 heavy (non-hydrogen) atoms. The number of likely N-dealkylation sites (N-methyl/N-ethyl adjacent to an activating group) is 1. The first-order chi connectivity index (χ1) is 14.7. The van der Waals surface area contributed by atoms with Gasteiger partial charge in [-0.05, 0) is 75.7 Å².